The van der Waals surface area contributed by atoms with Crippen molar-refractivity contribution in [3.8, 4) is 0 Å². The molecule has 21 heavy (non-hydrogen) atoms. The summed E-state index contributed by atoms with van der Waals surface area (Å²) in [4.78, 5) is 28.0. The first-order valence-corrected chi connectivity index (χ1v) is 8.49. The van der Waals surface area contributed by atoms with Gasteiger partial charge in [0, 0.05) is 13.6 Å². The van der Waals surface area contributed by atoms with Gasteiger partial charge in [-0.15, -0.1) is 0 Å². The highest BCUT2D eigenvalue weighted by Crippen LogP contribution is 2.30. The summed E-state index contributed by atoms with van der Waals surface area (Å²) < 4.78 is 0. The van der Waals surface area contributed by atoms with Gasteiger partial charge in [0.15, 0.2) is 0 Å². The quantitative estimate of drug-likeness (QED) is 0.854. The fourth-order valence-corrected chi connectivity index (χ4v) is 3.08. The van der Waals surface area contributed by atoms with Gasteiger partial charge in [0.1, 0.15) is 6.04 Å². The fraction of sp³-hybridized carbons (Fsp3) is 0.467. The van der Waals surface area contributed by atoms with Crippen molar-refractivity contribution in [2.45, 2.75) is 24.6 Å². The van der Waals surface area contributed by atoms with Crippen molar-refractivity contribution in [3.63, 3.8) is 0 Å². The smallest absolute Gasteiger partial charge is 0.249 e. The lowest BCUT2D eigenvalue weighted by molar-refractivity contribution is -0.136. The van der Waals surface area contributed by atoms with Gasteiger partial charge >= 0.3 is 0 Å². The first-order valence-electron chi connectivity index (χ1n) is 6.82. The molecular weight excluding hydrogens is 308 g/mol. The van der Waals surface area contributed by atoms with Crippen LogP contribution in [-0.4, -0.2) is 47.9 Å². The van der Waals surface area contributed by atoms with Crippen molar-refractivity contribution in [2.24, 2.45) is 0 Å². The largest absolute Gasteiger partial charge is 0.333 e. The van der Waals surface area contributed by atoms with Gasteiger partial charge in [-0.1, -0.05) is 23.7 Å². The van der Waals surface area contributed by atoms with E-state index in [-0.39, 0.29) is 17.1 Å². The van der Waals surface area contributed by atoms with E-state index in [1.54, 1.807) is 22.9 Å². The molecule has 1 aliphatic heterocycles. The molecule has 0 aromatic heterocycles. The van der Waals surface area contributed by atoms with Gasteiger partial charge in [-0.3, -0.25) is 9.59 Å². The minimum Gasteiger partial charge on any atom is -0.333 e. The van der Waals surface area contributed by atoms with Gasteiger partial charge in [0.2, 0.25) is 11.8 Å². The molecular formula is C15H19ClN2O2S. The maximum absolute atomic E-state index is 12.6. The fourth-order valence-electron chi connectivity index (χ4n) is 2.48. The summed E-state index contributed by atoms with van der Waals surface area (Å²) in [5.41, 5.74) is 0.713. The molecule has 0 bridgehead atoms. The molecule has 0 N–H and O–H groups in total. The van der Waals surface area contributed by atoms with Crippen LogP contribution in [0.4, 0.5) is 5.69 Å². The third-order valence-electron chi connectivity index (χ3n) is 3.84. The van der Waals surface area contributed by atoms with E-state index in [4.69, 9.17) is 11.6 Å². The Labute approximate surface area is 134 Å². The van der Waals surface area contributed by atoms with Crippen LogP contribution in [-0.2, 0) is 9.59 Å². The molecule has 2 amide bonds. The van der Waals surface area contributed by atoms with Crippen LogP contribution in [0.25, 0.3) is 0 Å². The van der Waals surface area contributed by atoms with E-state index in [1.807, 2.05) is 31.4 Å². The van der Waals surface area contributed by atoms with Crippen molar-refractivity contribution >= 4 is 40.9 Å². The predicted octanol–water partition coefficient (Wildman–Crippen LogP) is 2.66. The van der Waals surface area contributed by atoms with Gasteiger partial charge in [-0.05, 0) is 31.7 Å². The number of para-hydroxylation sites is 1. The summed E-state index contributed by atoms with van der Waals surface area (Å²) in [5.74, 6) is -0.0749. The minimum atomic E-state index is -0.400. The van der Waals surface area contributed by atoms with Gasteiger partial charge in [0.05, 0.1) is 16.0 Å². The van der Waals surface area contributed by atoms with E-state index in [0.717, 1.165) is 0 Å². The van der Waals surface area contributed by atoms with E-state index in [2.05, 4.69) is 0 Å². The molecule has 1 aliphatic rings. The summed E-state index contributed by atoms with van der Waals surface area (Å²) in [6.45, 7) is 2.44. The second-order valence-electron chi connectivity index (χ2n) is 5.07. The Bertz CT molecular complexity index is 552. The Kier molecular flexibility index (Phi) is 5.17. The summed E-state index contributed by atoms with van der Waals surface area (Å²) in [7, 11) is 1.70. The number of anilines is 1. The Morgan fingerprint density at radius 2 is 2.14 bits per heavy atom. The number of likely N-dealkylation sites (N-methyl/N-ethyl adjacent to an activating group) is 1. The molecule has 0 saturated carbocycles. The predicted molar refractivity (Wildman–Crippen MR) is 88.0 cm³/mol. The van der Waals surface area contributed by atoms with Gasteiger partial charge in [-0.2, -0.15) is 11.8 Å². The van der Waals surface area contributed by atoms with Crippen molar-refractivity contribution in [1.29, 1.82) is 0 Å². The number of rotatable bonds is 4. The average Bonchev–Trinajstić information content (AvgIpc) is 2.87. The maximum Gasteiger partial charge on any atom is 0.249 e. The van der Waals surface area contributed by atoms with Crippen molar-refractivity contribution in [1.82, 2.24) is 4.90 Å². The molecule has 114 valence electrons. The number of hydrogen-bond donors (Lipinski definition) is 0. The van der Waals surface area contributed by atoms with Crippen LogP contribution in [0, 0.1) is 0 Å². The topological polar surface area (TPSA) is 40.6 Å². The lowest BCUT2D eigenvalue weighted by atomic mass is 10.2. The Hall–Kier alpha value is -1.20. The zero-order chi connectivity index (χ0) is 15.6. The number of carbonyl (C=O) groups excluding carboxylic acids is 2. The van der Waals surface area contributed by atoms with Crippen molar-refractivity contribution in [2.75, 3.05) is 24.7 Å². The first kappa shape index (κ1) is 16.2. The molecule has 1 aromatic rings. The molecule has 1 aromatic carbocycles. The van der Waals surface area contributed by atoms with Gasteiger partial charge < -0.3 is 9.80 Å². The zero-order valence-electron chi connectivity index (χ0n) is 12.4. The highest BCUT2D eigenvalue weighted by atomic mass is 35.5. The van der Waals surface area contributed by atoms with E-state index in [0.29, 0.717) is 23.7 Å². The second-order valence-corrected chi connectivity index (χ2v) is 6.66. The molecule has 4 nitrogen and oxygen atoms in total. The number of benzene rings is 1. The van der Waals surface area contributed by atoms with Crippen LogP contribution in [0.15, 0.2) is 24.3 Å². The van der Waals surface area contributed by atoms with E-state index in [9.17, 15) is 9.59 Å². The maximum atomic E-state index is 12.6. The molecule has 0 spiro atoms. The number of amides is 2. The molecule has 1 heterocycles. The lowest BCUT2D eigenvalue weighted by Crippen LogP contribution is -2.45. The third kappa shape index (κ3) is 3.19. The SMILES string of the molecule is CS[C@@H](C)C(=O)N(C)[C@@H]1CCN(c2ccccc2Cl)C1=O. The number of carbonyl (C=O) groups is 2. The van der Waals surface area contributed by atoms with Crippen LogP contribution < -0.4 is 4.90 Å². The zero-order valence-corrected chi connectivity index (χ0v) is 13.9. The van der Waals surface area contributed by atoms with Crippen molar-refractivity contribution in [3.05, 3.63) is 29.3 Å². The summed E-state index contributed by atoms with van der Waals surface area (Å²) >= 11 is 7.64. The number of thioether (sulfide) groups is 1. The first-order chi connectivity index (χ1) is 9.97. The van der Waals surface area contributed by atoms with Crippen LogP contribution in [0.5, 0.6) is 0 Å². The van der Waals surface area contributed by atoms with Crippen LogP contribution in [0.2, 0.25) is 5.02 Å². The van der Waals surface area contributed by atoms with E-state index in [1.165, 1.54) is 11.8 Å². The van der Waals surface area contributed by atoms with Gasteiger partial charge in [0.25, 0.3) is 0 Å². The normalized spacial score (nSPS) is 19.7. The summed E-state index contributed by atoms with van der Waals surface area (Å²) in [6.07, 6.45) is 2.52. The molecule has 0 aliphatic carbocycles. The van der Waals surface area contributed by atoms with Crippen LogP contribution >= 0.6 is 23.4 Å². The van der Waals surface area contributed by atoms with Crippen molar-refractivity contribution < 1.29 is 9.59 Å². The van der Waals surface area contributed by atoms with Crippen LogP contribution in [0.3, 0.4) is 0 Å². The third-order valence-corrected chi connectivity index (χ3v) is 5.07. The lowest BCUT2D eigenvalue weighted by Gasteiger charge is -2.26. The van der Waals surface area contributed by atoms with Crippen LogP contribution in [0.1, 0.15) is 13.3 Å². The summed E-state index contributed by atoms with van der Waals surface area (Å²) in [6, 6.07) is 6.88. The minimum absolute atomic E-state index is 0.0122. The standard InChI is InChI=1S/C15H19ClN2O2S/c1-10(21-3)14(19)17(2)13-8-9-18(15(13)20)12-7-5-4-6-11(12)16/h4-7,10,13H,8-9H2,1-3H3/t10-,13+/m0/s1. The average molecular weight is 327 g/mol. The Morgan fingerprint density at radius 1 is 1.48 bits per heavy atom. The number of hydrogen-bond acceptors (Lipinski definition) is 3. The second kappa shape index (κ2) is 6.71. The van der Waals surface area contributed by atoms with E-state index < -0.39 is 6.04 Å². The number of halogens is 1. The molecule has 6 heteroatoms. The molecule has 0 radical (unpaired) electrons. The Balaban J connectivity index is 2.15. The highest BCUT2D eigenvalue weighted by molar-refractivity contribution is 7.99. The molecule has 2 rings (SSSR count). The molecule has 2 atom stereocenters. The Morgan fingerprint density at radius 3 is 2.76 bits per heavy atom. The summed E-state index contributed by atoms with van der Waals surface area (Å²) in [5, 5.41) is 0.412. The van der Waals surface area contributed by atoms with Gasteiger partial charge in [-0.25, -0.2) is 0 Å². The van der Waals surface area contributed by atoms with E-state index >= 15 is 0 Å². The molecule has 0 unspecified atom stereocenters. The monoisotopic (exact) mass is 326 g/mol. The molecule has 1 fully saturated rings. The molecule has 1 saturated heterocycles. The highest BCUT2D eigenvalue weighted by Gasteiger charge is 2.38. The number of nitrogens with zero attached hydrogens (tertiary/aromatic N) is 2.